The molecule has 52 heavy (non-hydrogen) atoms. The second-order valence-corrected chi connectivity index (χ2v) is 14.6. The summed E-state index contributed by atoms with van der Waals surface area (Å²) in [6, 6.07) is 37.6. The highest BCUT2D eigenvalue weighted by Gasteiger charge is 2.70. The predicted octanol–water partition coefficient (Wildman–Crippen LogP) is 7.04. The summed E-state index contributed by atoms with van der Waals surface area (Å²) in [5.41, 5.74) is 6.66. The number of likely N-dealkylation sites (tertiary alicyclic amines) is 1. The average Bonchev–Trinajstić information content (AvgIpc) is 3.54. The molecule has 5 aromatic carbocycles. The van der Waals surface area contributed by atoms with Gasteiger partial charge in [-0.1, -0.05) is 120 Å². The molecule has 4 amide bonds. The van der Waals surface area contributed by atoms with E-state index >= 15 is 4.79 Å². The van der Waals surface area contributed by atoms with E-state index in [1.807, 2.05) is 122 Å². The molecular weight excluding hydrogens is 651 g/mol. The minimum atomic E-state index is -1.39. The van der Waals surface area contributed by atoms with E-state index in [-0.39, 0.29) is 42.3 Å². The van der Waals surface area contributed by atoms with Crippen LogP contribution < -0.4 is 5.43 Å². The molecular formula is C44H37N3O5. The maximum Gasteiger partial charge on any atom is 0.260 e. The molecule has 2 aliphatic heterocycles. The fourth-order valence-corrected chi connectivity index (χ4v) is 9.64. The molecule has 0 aromatic heterocycles. The molecule has 2 aliphatic carbocycles. The van der Waals surface area contributed by atoms with Gasteiger partial charge in [0, 0.05) is 11.3 Å². The maximum atomic E-state index is 15.4. The van der Waals surface area contributed by atoms with Crippen molar-refractivity contribution in [1.29, 1.82) is 0 Å². The standard InChI is InChI=1S/C44H37N3O5/c1-26-16-18-29(19-17-26)45-47-41(50)36-24-35-33(20-21-34-38(35)42(51)46(40(34)49)25-27-10-4-2-5-11-27)39(44(36,43(47)52)28-12-6-3-7-13-28)32-22-23-37(48)31-15-9-8-14-30(31)32/h2-20,22-23,34-36,38-39,45,48H,21,24-25H2,1H3. The Labute approximate surface area is 301 Å². The molecule has 258 valence electrons. The molecule has 6 unspecified atom stereocenters. The first-order valence-corrected chi connectivity index (χ1v) is 17.9. The van der Waals surface area contributed by atoms with E-state index in [2.05, 4.69) is 11.5 Å². The van der Waals surface area contributed by atoms with E-state index in [1.165, 1.54) is 9.91 Å². The number of carbonyl (C=O) groups is 4. The second kappa shape index (κ2) is 12.0. The number of fused-ring (bicyclic) bond motifs is 5. The van der Waals surface area contributed by atoms with Crippen LogP contribution in [0.5, 0.6) is 5.75 Å². The van der Waals surface area contributed by atoms with E-state index in [1.54, 1.807) is 6.07 Å². The Hall–Kier alpha value is -6.02. The number of phenolic OH excluding ortho intramolecular Hbond substituents is 1. The van der Waals surface area contributed by atoms with Gasteiger partial charge in [-0.2, -0.15) is 5.01 Å². The minimum Gasteiger partial charge on any atom is -0.507 e. The normalized spacial score (nSPS) is 26.6. The van der Waals surface area contributed by atoms with E-state index in [0.29, 0.717) is 23.1 Å². The number of hydrogen-bond donors (Lipinski definition) is 2. The summed E-state index contributed by atoms with van der Waals surface area (Å²) >= 11 is 0. The Morgan fingerprint density at radius 2 is 1.40 bits per heavy atom. The van der Waals surface area contributed by atoms with Gasteiger partial charge in [0.15, 0.2) is 0 Å². The summed E-state index contributed by atoms with van der Waals surface area (Å²) in [5.74, 6) is -4.30. The van der Waals surface area contributed by atoms with Crippen molar-refractivity contribution in [3.63, 3.8) is 0 Å². The third kappa shape index (κ3) is 4.59. The maximum absolute atomic E-state index is 15.4. The number of allylic oxidation sites excluding steroid dienone is 2. The van der Waals surface area contributed by atoms with Crippen LogP contribution >= 0.6 is 0 Å². The lowest BCUT2D eigenvalue weighted by Crippen LogP contribution is -2.53. The molecule has 0 spiro atoms. The number of imide groups is 2. The van der Waals surface area contributed by atoms with Crippen LogP contribution in [-0.2, 0) is 31.1 Å². The molecule has 1 saturated carbocycles. The molecule has 4 aliphatic rings. The number of hydrogen-bond acceptors (Lipinski definition) is 6. The molecule has 8 heteroatoms. The lowest BCUT2D eigenvalue weighted by molar-refractivity contribution is -0.142. The molecule has 5 aromatic rings. The molecule has 9 rings (SSSR count). The van der Waals surface area contributed by atoms with Gasteiger partial charge in [-0.25, -0.2) is 0 Å². The molecule has 0 bridgehead atoms. The zero-order chi connectivity index (χ0) is 35.7. The topological polar surface area (TPSA) is 107 Å². The Kier molecular flexibility index (Phi) is 7.40. The fraction of sp³-hybridized carbons (Fsp3) is 0.227. The highest BCUT2D eigenvalue weighted by Crippen LogP contribution is 2.64. The summed E-state index contributed by atoms with van der Waals surface area (Å²) < 4.78 is 0. The van der Waals surface area contributed by atoms with Crippen molar-refractivity contribution in [1.82, 2.24) is 9.91 Å². The van der Waals surface area contributed by atoms with Gasteiger partial charge < -0.3 is 5.11 Å². The third-order valence-corrected chi connectivity index (χ3v) is 11.9. The summed E-state index contributed by atoms with van der Waals surface area (Å²) in [4.78, 5) is 60.3. The van der Waals surface area contributed by atoms with Gasteiger partial charge in [0.25, 0.3) is 11.8 Å². The van der Waals surface area contributed by atoms with Crippen molar-refractivity contribution in [2.24, 2.45) is 23.7 Å². The van der Waals surface area contributed by atoms with Crippen molar-refractivity contribution in [3.05, 3.63) is 155 Å². The zero-order valence-electron chi connectivity index (χ0n) is 28.6. The number of phenols is 1. The number of rotatable bonds is 6. The molecule has 0 radical (unpaired) electrons. The van der Waals surface area contributed by atoms with Gasteiger partial charge in [0.2, 0.25) is 11.8 Å². The monoisotopic (exact) mass is 687 g/mol. The molecule has 2 N–H and O–H groups in total. The van der Waals surface area contributed by atoms with Crippen molar-refractivity contribution < 1.29 is 24.3 Å². The molecule has 2 heterocycles. The van der Waals surface area contributed by atoms with Gasteiger partial charge in [-0.3, -0.25) is 29.5 Å². The van der Waals surface area contributed by atoms with E-state index < -0.39 is 35.0 Å². The highest BCUT2D eigenvalue weighted by atomic mass is 16.3. The summed E-state index contributed by atoms with van der Waals surface area (Å²) in [5, 5.41) is 13.6. The number of carbonyl (C=O) groups excluding carboxylic acids is 4. The molecule has 8 nitrogen and oxygen atoms in total. The Balaban J connectivity index is 1.25. The summed E-state index contributed by atoms with van der Waals surface area (Å²) in [6.07, 6.45) is 2.65. The van der Waals surface area contributed by atoms with Gasteiger partial charge in [0.1, 0.15) is 5.75 Å². The van der Waals surface area contributed by atoms with Crippen LogP contribution in [0.2, 0.25) is 0 Å². The van der Waals surface area contributed by atoms with Gasteiger partial charge in [-0.05, 0) is 66.0 Å². The van der Waals surface area contributed by atoms with Gasteiger partial charge in [0.05, 0.1) is 35.4 Å². The Bertz CT molecular complexity index is 2300. The lowest BCUT2D eigenvalue weighted by Gasteiger charge is -2.51. The second-order valence-electron chi connectivity index (χ2n) is 14.6. The Morgan fingerprint density at radius 3 is 2.13 bits per heavy atom. The number of amides is 4. The smallest absolute Gasteiger partial charge is 0.260 e. The first kappa shape index (κ1) is 31.9. The van der Waals surface area contributed by atoms with Gasteiger partial charge in [-0.15, -0.1) is 0 Å². The first-order valence-electron chi connectivity index (χ1n) is 17.9. The van der Waals surface area contributed by atoms with Crippen LogP contribution in [0.3, 0.4) is 0 Å². The highest BCUT2D eigenvalue weighted by molar-refractivity contribution is 6.13. The first-order chi connectivity index (χ1) is 25.3. The van der Waals surface area contributed by atoms with Crippen LogP contribution in [0.1, 0.15) is 41.0 Å². The van der Waals surface area contributed by atoms with E-state index in [4.69, 9.17) is 0 Å². The predicted molar refractivity (Wildman–Crippen MR) is 196 cm³/mol. The Morgan fingerprint density at radius 1 is 0.731 bits per heavy atom. The van der Waals surface area contributed by atoms with Gasteiger partial charge >= 0.3 is 0 Å². The number of aromatic hydroxyl groups is 1. The minimum absolute atomic E-state index is 0.110. The number of anilines is 1. The van der Waals surface area contributed by atoms with E-state index in [0.717, 1.165) is 27.6 Å². The summed E-state index contributed by atoms with van der Waals surface area (Å²) in [6.45, 7) is 2.16. The fourth-order valence-electron chi connectivity index (χ4n) is 9.64. The lowest BCUT2D eigenvalue weighted by atomic mass is 9.49. The van der Waals surface area contributed by atoms with Crippen LogP contribution in [0.25, 0.3) is 10.8 Å². The number of hydrazine groups is 1. The van der Waals surface area contributed by atoms with Crippen molar-refractivity contribution in [2.45, 2.75) is 37.6 Å². The zero-order valence-corrected chi connectivity index (χ0v) is 28.6. The number of nitrogens with zero attached hydrogens (tertiary/aromatic N) is 2. The van der Waals surface area contributed by atoms with Crippen LogP contribution in [-0.4, -0.2) is 38.6 Å². The van der Waals surface area contributed by atoms with Crippen LogP contribution in [0, 0.1) is 30.6 Å². The largest absolute Gasteiger partial charge is 0.507 e. The van der Waals surface area contributed by atoms with E-state index in [9.17, 15) is 19.5 Å². The third-order valence-electron chi connectivity index (χ3n) is 11.9. The number of benzene rings is 5. The SMILES string of the molecule is Cc1ccc(NN2C(=O)C3CC4C(=CCC5C(=O)N(Cc6ccccc6)C(=O)C54)C(c4ccc(O)c5ccccc45)C3(c3ccccc3)C2=O)cc1. The summed E-state index contributed by atoms with van der Waals surface area (Å²) in [7, 11) is 0. The molecule has 6 atom stereocenters. The molecule has 3 fully saturated rings. The average molecular weight is 688 g/mol. The van der Waals surface area contributed by atoms with Crippen molar-refractivity contribution >= 4 is 40.1 Å². The molecule has 2 saturated heterocycles. The number of nitrogens with one attached hydrogen (secondary N) is 1. The van der Waals surface area contributed by atoms with Crippen molar-refractivity contribution in [2.75, 3.05) is 5.43 Å². The van der Waals surface area contributed by atoms with Crippen molar-refractivity contribution in [3.8, 4) is 5.75 Å². The number of aryl methyl sites for hydroxylation is 1. The quantitative estimate of drug-likeness (QED) is 0.147. The van der Waals surface area contributed by atoms with Crippen LogP contribution in [0.4, 0.5) is 5.69 Å². The van der Waals surface area contributed by atoms with Crippen LogP contribution in [0.15, 0.2) is 133 Å².